The van der Waals surface area contributed by atoms with Crippen LogP contribution in [-0.4, -0.2) is 27.7 Å². The number of amides is 1. The number of hydrogen-bond acceptors (Lipinski definition) is 8. The standard InChI is InChI=1S/C24H19FN6O2S/c1-13-2-7-17-16(8-9-27-23(17)30-14-3-5-15(6-4-14)33-11-25)19(13)31-24(32)18-10-34-21-20(18)28-12-29-22(21)26/h2-10,12H,11H2,1H3,(H,27,30)(H,31,32)(H2,26,28,29). The summed E-state index contributed by atoms with van der Waals surface area (Å²) in [6.45, 7) is 1.05. The van der Waals surface area contributed by atoms with Crippen LogP contribution in [0.5, 0.6) is 5.75 Å². The maximum Gasteiger partial charge on any atom is 0.258 e. The van der Waals surface area contributed by atoms with Crippen LogP contribution < -0.4 is 21.1 Å². The van der Waals surface area contributed by atoms with Crippen LogP contribution in [0, 0.1) is 6.92 Å². The molecule has 2 aromatic carbocycles. The van der Waals surface area contributed by atoms with Crippen LogP contribution in [0.2, 0.25) is 0 Å². The van der Waals surface area contributed by atoms with E-state index in [1.165, 1.54) is 17.7 Å². The molecule has 0 fully saturated rings. The lowest BCUT2D eigenvalue weighted by Gasteiger charge is -2.15. The van der Waals surface area contributed by atoms with Crippen molar-refractivity contribution < 1.29 is 13.9 Å². The molecule has 0 aliphatic carbocycles. The number of carbonyl (C=O) groups excluding carboxylic acids is 1. The Morgan fingerprint density at radius 2 is 1.91 bits per heavy atom. The van der Waals surface area contributed by atoms with Gasteiger partial charge in [0.1, 0.15) is 23.7 Å². The summed E-state index contributed by atoms with van der Waals surface area (Å²) in [4.78, 5) is 25.9. The predicted octanol–water partition coefficient (Wildman–Crippen LogP) is 5.43. The number of pyridine rings is 1. The van der Waals surface area contributed by atoms with E-state index in [0.717, 1.165) is 22.0 Å². The average Bonchev–Trinajstić information content (AvgIpc) is 3.28. The molecule has 0 bridgehead atoms. The number of nitrogens with two attached hydrogens (primary N) is 1. The van der Waals surface area contributed by atoms with Crippen LogP contribution >= 0.6 is 11.3 Å². The second kappa shape index (κ2) is 8.91. The Bertz CT molecular complexity index is 1520. The first-order chi connectivity index (χ1) is 16.5. The molecule has 3 aromatic heterocycles. The van der Waals surface area contributed by atoms with Gasteiger partial charge in [0.25, 0.3) is 5.91 Å². The highest BCUT2D eigenvalue weighted by Gasteiger charge is 2.18. The number of halogens is 1. The Balaban J connectivity index is 1.49. The molecule has 0 saturated carbocycles. The minimum Gasteiger partial charge on any atom is -0.463 e. The highest BCUT2D eigenvalue weighted by molar-refractivity contribution is 7.18. The van der Waals surface area contributed by atoms with Gasteiger partial charge in [0.2, 0.25) is 6.86 Å². The number of fused-ring (bicyclic) bond motifs is 2. The monoisotopic (exact) mass is 474 g/mol. The van der Waals surface area contributed by atoms with E-state index >= 15 is 0 Å². The molecule has 3 heterocycles. The summed E-state index contributed by atoms with van der Waals surface area (Å²) < 4.78 is 17.9. The zero-order chi connectivity index (χ0) is 23.7. The number of thiophene rings is 1. The largest absolute Gasteiger partial charge is 0.463 e. The lowest BCUT2D eigenvalue weighted by molar-refractivity contribution is 0.102. The fourth-order valence-electron chi connectivity index (χ4n) is 3.67. The maximum atomic E-state index is 13.2. The zero-order valence-electron chi connectivity index (χ0n) is 18.0. The molecule has 0 spiro atoms. The van der Waals surface area contributed by atoms with Gasteiger partial charge in [0.05, 0.1) is 21.5 Å². The van der Waals surface area contributed by atoms with E-state index in [2.05, 4.69) is 25.6 Å². The highest BCUT2D eigenvalue weighted by atomic mass is 32.1. The number of alkyl halides is 1. The van der Waals surface area contributed by atoms with Crippen molar-refractivity contribution in [1.29, 1.82) is 0 Å². The molecular weight excluding hydrogens is 455 g/mol. The van der Waals surface area contributed by atoms with E-state index in [1.807, 2.05) is 25.1 Å². The number of carbonyl (C=O) groups is 1. The van der Waals surface area contributed by atoms with E-state index in [9.17, 15) is 9.18 Å². The molecule has 0 aliphatic heterocycles. The van der Waals surface area contributed by atoms with Crippen LogP contribution in [0.25, 0.3) is 21.0 Å². The average molecular weight is 475 g/mol. The van der Waals surface area contributed by atoms with Crippen molar-refractivity contribution in [3.8, 4) is 5.75 Å². The number of anilines is 4. The van der Waals surface area contributed by atoms with E-state index in [4.69, 9.17) is 10.5 Å². The van der Waals surface area contributed by atoms with Crippen molar-refractivity contribution in [1.82, 2.24) is 15.0 Å². The van der Waals surface area contributed by atoms with Gasteiger partial charge in [0, 0.05) is 28.0 Å². The van der Waals surface area contributed by atoms with Gasteiger partial charge in [-0.15, -0.1) is 11.3 Å². The first-order valence-electron chi connectivity index (χ1n) is 10.3. The SMILES string of the molecule is Cc1ccc2c(Nc3ccc(OCF)cc3)nccc2c1NC(=O)c1csc2c(N)ncnc12. The van der Waals surface area contributed by atoms with Gasteiger partial charge < -0.3 is 21.1 Å². The van der Waals surface area contributed by atoms with Gasteiger partial charge in [-0.3, -0.25) is 4.79 Å². The van der Waals surface area contributed by atoms with Crippen LogP contribution in [-0.2, 0) is 0 Å². The first-order valence-corrected chi connectivity index (χ1v) is 11.2. The van der Waals surface area contributed by atoms with Crippen molar-refractivity contribution in [2.75, 3.05) is 23.2 Å². The van der Waals surface area contributed by atoms with Gasteiger partial charge in [-0.05, 0) is 42.8 Å². The van der Waals surface area contributed by atoms with Gasteiger partial charge in [-0.2, -0.15) is 0 Å². The minimum atomic E-state index is -0.882. The van der Waals surface area contributed by atoms with Crippen LogP contribution in [0.4, 0.5) is 27.4 Å². The highest BCUT2D eigenvalue weighted by Crippen LogP contribution is 2.34. The van der Waals surface area contributed by atoms with Crippen molar-refractivity contribution in [3.63, 3.8) is 0 Å². The van der Waals surface area contributed by atoms with Crippen molar-refractivity contribution in [2.24, 2.45) is 0 Å². The molecular formula is C24H19FN6O2S. The van der Waals surface area contributed by atoms with Crippen LogP contribution in [0.15, 0.2) is 60.4 Å². The van der Waals surface area contributed by atoms with Gasteiger partial charge in [-0.25, -0.2) is 19.3 Å². The zero-order valence-corrected chi connectivity index (χ0v) is 18.8. The third kappa shape index (κ3) is 3.95. The molecule has 0 radical (unpaired) electrons. The molecule has 34 heavy (non-hydrogen) atoms. The van der Waals surface area contributed by atoms with Gasteiger partial charge >= 0.3 is 0 Å². The number of rotatable bonds is 6. The second-order valence-electron chi connectivity index (χ2n) is 7.46. The molecule has 170 valence electrons. The topological polar surface area (TPSA) is 115 Å². The fourth-order valence-corrected chi connectivity index (χ4v) is 4.58. The number of nitrogens with zero attached hydrogens (tertiary/aromatic N) is 3. The van der Waals surface area contributed by atoms with E-state index in [1.54, 1.807) is 35.8 Å². The molecule has 8 nitrogen and oxygen atoms in total. The molecule has 10 heteroatoms. The minimum absolute atomic E-state index is 0.283. The lowest BCUT2D eigenvalue weighted by Crippen LogP contribution is -2.13. The fraction of sp³-hybridized carbons (Fsp3) is 0.0833. The van der Waals surface area contributed by atoms with Crippen LogP contribution in [0.3, 0.4) is 0 Å². The summed E-state index contributed by atoms with van der Waals surface area (Å²) >= 11 is 1.33. The number of hydrogen-bond donors (Lipinski definition) is 3. The summed E-state index contributed by atoms with van der Waals surface area (Å²) in [7, 11) is 0. The molecule has 0 atom stereocenters. The number of nitrogen functional groups attached to an aromatic ring is 1. The van der Waals surface area contributed by atoms with Crippen molar-refractivity contribution >= 4 is 61.2 Å². The van der Waals surface area contributed by atoms with E-state index in [0.29, 0.717) is 38.9 Å². The van der Waals surface area contributed by atoms with Crippen molar-refractivity contribution in [2.45, 2.75) is 6.92 Å². The number of benzene rings is 2. The normalized spacial score (nSPS) is 11.0. The summed E-state index contributed by atoms with van der Waals surface area (Å²) in [5.74, 6) is 1.12. The Kier molecular flexibility index (Phi) is 5.64. The summed E-state index contributed by atoms with van der Waals surface area (Å²) in [5, 5.41) is 9.70. The Labute approximate surface area is 197 Å². The molecule has 1 amide bonds. The summed E-state index contributed by atoms with van der Waals surface area (Å²) in [6.07, 6.45) is 3.03. The van der Waals surface area contributed by atoms with E-state index in [-0.39, 0.29) is 5.91 Å². The molecule has 4 N–H and O–H groups in total. The van der Waals surface area contributed by atoms with Gasteiger partial charge in [-0.1, -0.05) is 12.1 Å². The Hall–Kier alpha value is -4.31. The molecule has 0 unspecified atom stereocenters. The maximum absolute atomic E-state index is 13.2. The number of nitrogens with one attached hydrogen (secondary N) is 2. The van der Waals surface area contributed by atoms with E-state index < -0.39 is 6.86 Å². The summed E-state index contributed by atoms with van der Waals surface area (Å²) in [5.41, 5.74) is 9.22. The Morgan fingerprint density at radius 1 is 1.09 bits per heavy atom. The molecule has 0 aliphatic rings. The number of ether oxygens (including phenoxy) is 1. The third-order valence-electron chi connectivity index (χ3n) is 5.36. The molecule has 5 rings (SSSR count). The number of aryl methyl sites for hydroxylation is 1. The quantitative estimate of drug-likeness (QED) is 0.300. The van der Waals surface area contributed by atoms with Gasteiger partial charge in [0.15, 0.2) is 0 Å². The van der Waals surface area contributed by atoms with Crippen LogP contribution in [0.1, 0.15) is 15.9 Å². The molecule has 5 aromatic rings. The second-order valence-corrected chi connectivity index (χ2v) is 8.33. The summed E-state index contributed by atoms with van der Waals surface area (Å²) in [6, 6.07) is 12.6. The van der Waals surface area contributed by atoms with Crippen molar-refractivity contribution in [3.05, 3.63) is 71.5 Å². The molecule has 0 saturated heterocycles. The Morgan fingerprint density at radius 3 is 2.71 bits per heavy atom. The lowest BCUT2D eigenvalue weighted by atomic mass is 10.0. The predicted molar refractivity (Wildman–Crippen MR) is 133 cm³/mol. The smallest absolute Gasteiger partial charge is 0.258 e. The number of aromatic nitrogens is 3. The third-order valence-corrected chi connectivity index (χ3v) is 6.35. The first kappa shape index (κ1) is 21.5.